The molecule has 1 heterocycles. The van der Waals surface area contributed by atoms with E-state index in [1.54, 1.807) is 0 Å². The number of carbonyl (C=O) groups is 1. The lowest BCUT2D eigenvalue weighted by molar-refractivity contribution is 0.0340. The molecule has 5 nitrogen and oxygen atoms in total. The highest BCUT2D eigenvalue weighted by molar-refractivity contribution is 5.67. The first-order valence-electron chi connectivity index (χ1n) is 6.26. The molecule has 98 valence electrons. The Morgan fingerprint density at radius 3 is 2.47 bits per heavy atom. The summed E-state index contributed by atoms with van der Waals surface area (Å²) in [6, 6.07) is 0. The summed E-state index contributed by atoms with van der Waals surface area (Å²) >= 11 is 0. The fourth-order valence-electron chi connectivity index (χ4n) is 2.75. The largest absolute Gasteiger partial charge is 0.443 e. The van der Waals surface area contributed by atoms with Gasteiger partial charge in [0.15, 0.2) is 0 Å². The van der Waals surface area contributed by atoms with Gasteiger partial charge in [0.05, 0.1) is 0 Å². The third-order valence-corrected chi connectivity index (χ3v) is 3.48. The van der Waals surface area contributed by atoms with Crippen LogP contribution in [0.25, 0.3) is 0 Å². The molecule has 1 aliphatic carbocycles. The fraction of sp³-hybridized carbons (Fsp3) is 0.917. The maximum absolute atomic E-state index is 11.5. The van der Waals surface area contributed by atoms with Gasteiger partial charge in [0.1, 0.15) is 5.60 Å². The highest BCUT2D eigenvalue weighted by atomic mass is 16.6. The second kappa shape index (κ2) is 4.46. The Kier molecular flexibility index (Phi) is 3.32. The number of hydrazine groups is 1. The van der Waals surface area contributed by atoms with E-state index in [-0.39, 0.29) is 12.7 Å². The number of piperidine rings is 1. The van der Waals surface area contributed by atoms with Crippen LogP contribution in [-0.4, -0.2) is 41.5 Å². The third-order valence-electron chi connectivity index (χ3n) is 3.48. The van der Waals surface area contributed by atoms with E-state index in [1.807, 2.05) is 25.8 Å². The number of nitrogens with zero attached hydrogens (tertiary/aromatic N) is 1. The van der Waals surface area contributed by atoms with Crippen LogP contribution >= 0.6 is 0 Å². The minimum absolute atomic E-state index is 0.275. The number of hydrogen-bond acceptors (Lipinski definition) is 4. The summed E-state index contributed by atoms with van der Waals surface area (Å²) in [6.07, 6.45) is 0.521. The molecule has 0 spiro atoms. The second-order valence-corrected chi connectivity index (χ2v) is 6.02. The van der Waals surface area contributed by atoms with E-state index >= 15 is 0 Å². The molecule has 2 unspecified atom stereocenters. The van der Waals surface area contributed by atoms with Crippen molar-refractivity contribution >= 4 is 6.09 Å². The van der Waals surface area contributed by atoms with Crippen LogP contribution in [0.3, 0.4) is 0 Å². The zero-order valence-electron chi connectivity index (χ0n) is 10.8. The number of rotatable bonds is 3. The molecule has 1 saturated carbocycles. The van der Waals surface area contributed by atoms with Crippen LogP contribution in [0.4, 0.5) is 4.79 Å². The van der Waals surface area contributed by atoms with E-state index in [9.17, 15) is 4.79 Å². The van der Waals surface area contributed by atoms with E-state index in [0.717, 1.165) is 19.5 Å². The predicted octanol–water partition coefficient (Wildman–Crippen LogP) is 0.986. The summed E-state index contributed by atoms with van der Waals surface area (Å²) in [5, 5.41) is 10.8. The average Bonchev–Trinajstić information content (AvgIpc) is 2.65. The zero-order chi connectivity index (χ0) is 12.6. The lowest BCUT2D eigenvalue weighted by atomic mass is 10.2. The van der Waals surface area contributed by atoms with Gasteiger partial charge >= 0.3 is 6.09 Å². The maximum atomic E-state index is 11.5. The summed E-state index contributed by atoms with van der Waals surface area (Å²) in [4.78, 5) is 11.5. The molecular formula is C12H22N2O3. The Morgan fingerprint density at radius 2 is 2.00 bits per heavy atom. The number of fused-ring (bicyclic) bond motifs is 1. The van der Waals surface area contributed by atoms with Gasteiger partial charge in [0.2, 0.25) is 0 Å². The van der Waals surface area contributed by atoms with E-state index in [2.05, 4.69) is 5.43 Å². The topological polar surface area (TPSA) is 61.8 Å². The summed E-state index contributed by atoms with van der Waals surface area (Å²) in [7, 11) is 0. The standard InChI is InChI=1S/C12H22N2O3/c1-12(2,3)17-11(16)13-14-6-9-8(4-5-15)10(9)7-14/h8-10,15H,4-7H2,1-3H3,(H,13,16). The summed E-state index contributed by atoms with van der Waals surface area (Å²) in [5.41, 5.74) is 2.32. The fourth-order valence-corrected chi connectivity index (χ4v) is 2.75. The minimum Gasteiger partial charge on any atom is -0.443 e. The molecule has 2 atom stereocenters. The first-order valence-corrected chi connectivity index (χ1v) is 6.26. The average molecular weight is 242 g/mol. The van der Waals surface area contributed by atoms with Gasteiger partial charge in [0, 0.05) is 19.7 Å². The molecule has 2 N–H and O–H groups in total. The lowest BCUT2D eigenvalue weighted by Gasteiger charge is -2.24. The molecule has 1 saturated heterocycles. The van der Waals surface area contributed by atoms with Crippen molar-refractivity contribution in [2.24, 2.45) is 17.8 Å². The molecule has 0 radical (unpaired) electrons. The zero-order valence-corrected chi connectivity index (χ0v) is 10.8. The molecule has 0 aromatic rings. The third kappa shape index (κ3) is 3.10. The van der Waals surface area contributed by atoms with Gasteiger partial charge in [-0.05, 0) is 44.9 Å². The summed E-state index contributed by atoms with van der Waals surface area (Å²) in [6.45, 7) is 7.60. The Hall–Kier alpha value is -0.810. The molecule has 17 heavy (non-hydrogen) atoms. The van der Waals surface area contributed by atoms with Gasteiger partial charge in [-0.2, -0.15) is 0 Å². The first-order chi connectivity index (χ1) is 7.90. The molecule has 0 aromatic heterocycles. The minimum atomic E-state index is -0.452. The number of carbonyl (C=O) groups excluding carboxylic acids is 1. The van der Waals surface area contributed by atoms with Crippen LogP contribution in [0.15, 0.2) is 0 Å². The number of amides is 1. The number of hydrogen-bond donors (Lipinski definition) is 2. The Morgan fingerprint density at radius 1 is 1.41 bits per heavy atom. The second-order valence-electron chi connectivity index (χ2n) is 6.02. The van der Waals surface area contributed by atoms with E-state index in [0.29, 0.717) is 17.8 Å². The van der Waals surface area contributed by atoms with Crippen molar-refractivity contribution in [1.82, 2.24) is 10.4 Å². The van der Waals surface area contributed by atoms with Crippen molar-refractivity contribution in [3.8, 4) is 0 Å². The van der Waals surface area contributed by atoms with Crippen molar-refractivity contribution in [1.29, 1.82) is 0 Å². The maximum Gasteiger partial charge on any atom is 0.422 e. The molecule has 0 aromatic carbocycles. The molecule has 1 aliphatic heterocycles. The van der Waals surface area contributed by atoms with E-state index in [4.69, 9.17) is 9.84 Å². The van der Waals surface area contributed by atoms with Crippen LogP contribution in [-0.2, 0) is 4.74 Å². The highest BCUT2D eigenvalue weighted by Crippen LogP contribution is 2.52. The lowest BCUT2D eigenvalue weighted by Crippen LogP contribution is -2.44. The first kappa shape index (κ1) is 12.6. The van der Waals surface area contributed by atoms with Crippen molar-refractivity contribution in [3.05, 3.63) is 0 Å². The number of ether oxygens (including phenoxy) is 1. The van der Waals surface area contributed by atoms with Crippen molar-refractivity contribution in [2.45, 2.75) is 32.8 Å². The quantitative estimate of drug-likeness (QED) is 0.774. The van der Waals surface area contributed by atoms with Crippen molar-refractivity contribution in [3.63, 3.8) is 0 Å². The Balaban J connectivity index is 1.69. The van der Waals surface area contributed by atoms with E-state index < -0.39 is 5.60 Å². The van der Waals surface area contributed by atoms with Crippen LogP contribution in [0.2, 0.25) is 0 Å². The van der Waals surface area contributed by atoms with Crippen molar-refractivity contribution in [2.75, 3.05) is 19.7 Å². The van der Waals surface area contributed by atoms with Crippen LogP contribution < -0.4 is 5.43 Å². The van der Waals surface area contributed by atoms with Gasteiger partial charge < -0.3 is 9.84 Å². The summed E-state index contributed by atoms with van der Waals surface area (Å²) < 4.78 is 5.19. The van der Waals surface area contributed by atoms with Gasteiger partial charge in [-0.15, -0.1) is 0 Å². The molecular weight excluding hydrogens is 220 g/mol. The number of nitrogens with one attached hydrogen (secondary N) is 1. The Bertz CT molecular complexity index is 289. The predicted molar refractivity (Wildman–Crippen MR) is 63.1 cm³/mol. The summed E-state index contributed by atoms with van der Waals surface area (Å²) in [5.74, 6) is 1.96. The van der Waals surface area contributed by atoms with Gasteiger partial charge in [0.25, 0.3) is 0 Å². The number of aliphatic hydroxyl groups is 1. The van der Waals surface area contributed by atoms with Gasteiger partial charge in [-0.1, -0.05) is 0 Å². The van der Waals surface area contributed by atoms with E-state index in [1.165, 1.54) is 0 Å². The van der Waals surface area contributed by atoms with Crippen LogP contribution in [0.5, 0.6) is 0 Å². The molecule has 2 aliphatic rings. The monoisotopic (exact) mass is 242 g/mol. The Labute approximate surface area is 102 Å². The normalized spacial score (nSPS) is 32.1. The molecule has 5 heteroatoms. The van der Waals surface area contributed by atoms with Gasteiger partial charge in [-0.3, -0.25) is 5.43 Å². The molecule has 2 fully saturated rings. The smallest absolute Gasteiger partial charge is 0.422 e. The number of aliphatic hydroxyl groups excluding tert-OH is 1. The van der Waals surface area contributed by atoms with Crippen LogP contribution in [0.1, 0.15) is 27.2 Å². The molecule has 1 amide bonds. The van der Waals surface area contributed by atoms with Crippen molar-refractivity contribution < 1.29 is 14.6 Å². The SMILES string of the molecule is CC(C)(C)OC(=O)NN1CC2C(CCO)C2C1. The highest BCUT2D eigenvalue weighted by Gasteiger charge is 2.55. The van der Waals surface area contributed by atoms with Gasteiger partial charge in [-0.25, -0.2) is 9.80 Å². The van der Waals surface area contributed by atoms with Crippen LogP contribution in [0, 0.1) is 17.8 Å². The molecule has 0 bridgehead atoms. The molecule has 2 rings (SSSR count).